The number of aryl methyl sites for hydroxylation is 1. The van der Waals surface area contributed by atoms with Gasteiger partial charge in [-0.3, -0.25) is 9.59 Å². The van der Waals surface area contributed by atoms with Crippen LogP contribution >= 0.6 is 0 Å². The molecule has 0 unspecified atom stereocenters. The highest BCUT2D eigenvalue weighted by Gasteiger charge is 2.43. The van der Waals surface area contributed by atoms with E-state index >= 15 is 0 Å². The van der Waals surface area contributed by atoms with E-state index in [1.807, 2.05) is 31.2 Å². The number of para-hydroxylation sites is 1. The first-order chi connectivity index (χ1) is 14.0. The van der Waals surface area contributed by atoms with Gasteiger partial charge in [-0.05, 0) is 48.6 Å². The standard InChI is InChI=1S/C23H27FN2O3/c1-3-17-6-4-5-7-20(17)25-21(27)16-26(2)22(28)23(12-14-29-15-13-23)18-8-10-19(24)11-9-18/h4-11H,3,12-16H2,1-2H3,(H,25,27). The highest BCUT2D eigenvalue weighted by Crippen LogP contribution is 2.36. The Labute approximate surface area is 170 Å². The van der Waals surface area contributed by atoms with Crippen molar-refractivity contribution in [1.82, 2.24) is 4.90 Å². The second-order valence-electron chi connectivity index (χ2n) is 7.42. The smallest absolute Gasteiger partial charge is 0.243 e. The van der Waals surface area contributed by atoms with Crippen LogP contribution in [-0.2, 0) is 26.2 Å². The summed E-state index contributed by atoms with van der Waals surface area (Å²) in [7, 11) is 1.63. The molecule has 2 amide bonds. The van der Waals surface area contributed by atoms with Crippen LogP contribution in [0.15, 0.2) is 48.5 Å². The summed E-state index contributed by atoms with van der Waals surface area (Å²) in [5, 5.41) is 2.90. The van der Waals surface area contributed by atoms with Crippen molar-refractivity contribution in [1.29, 1.82) is 0 Å². The van der Waals surface area contributed by atoms with Gasteiger partial charge in [0.2, 0.25) is 11.8 Å². The molecular weight excluding hydrogens is 371 g/mol. The molecule has 0 spiro atoms. The molecule has 0 saturated carbocycles. The zero-order valence-corrected chi connectivity index (χ0v) is 16.9. The average molecular weight is 398 g/mol. The minimum atomic E-state index is -0.803. The quantitative estimate of drug-likeness (QED) is 0.810. The summed E-state index contributed by atoms with van der Waals surface area (Å²) in [6.45, 7) is 2.87. The molecule has 0 bridgehead atoms. The Kier molecular flexibility index (Phi) is 6.64. The number of nitrogens with one attached hydrogen (secondary N) is 1. The molecule has 5 nitrogen and oxygen atoms in total. The van der Waals surface area contributed by atoms with Gasteiger partial charge < -0.3 is 15.0 Å². The predicted molar refractivity (Wildman–Crippen MR) is 110 cm³/mol. The zero-order valence-electron chi connectivity index (χ0n) is 16.9. The SMILES string of the molecule is CCc1ccccc1NC(=O)CN(C)C(=O)C1(c2ccc(F)cc2)CCOCC1. The number of ether oxygens (including phenoxy) is 1. The summed E-state index contributed by atoms with van der Waals surface area (Å²) in [6.07, 6.45) is 1.81. The first kappa shape index (κ1) is 21.0. The van der Waals surface area contributed by atoms with Crippen molar-refractivity contribution in [3.05, 3.63) is 65.5 Å². The number of hydrogen-bond acceptors (Lipinski definition) is 3. The topological polar surface area (TPSA) is 58.6 Å². The maximum absolute atomic E-state index is 13.4. The van der Waals surface area contributed by atoms with Crippen LogP contribution in [-0.4, -0.2) is 43.5 Å². The first-order valence-electron chi connectivity index (χ1n) is 9.93. The highest BCUT2D eigenvalue weighted by atomic mass is 19.1. The number of amides is 2. The molecule has 0 aromatic heterocycles. The minimum Gasteiger partial charge on any atom is -0.381 e. The first-order valence-corrected chi connectivity index (χ1v) is 9.93. The van der Waals surface area contributed by atoms with Crippen LogP contribution in [0.25, 0.3) is 0 Å². The van der Waals surface area contributed by atoms with Crippen molar-refractivity contribution in [2.75, 3.05) is 32.1 Å². The van der Waals surface area contributed by atoms with E-state index in [4.69, 9.17) is 4.74 Å². The number of likely N-dealkylation sites (N-methyl/N-ethyl adjacent to an activating group) is 1. The Balaban J connectivity index is 1.75. The number of carbonyl (C=O) groups is 2. The fourth-order valence-corrected chi connectivity index (χ4v) is 3.91. The molecular formula is C23H27FN2O3. The summed E-state index contributed by atoms with van der Waals surface area (Å²) in [6, 6.07) is 13.7. The van der Waals surface area contributed by atoms with E-state index in [1.54, 1.807) is 19.2 Å². The molecule has 1 aliphatic heterocycles. The molecule has 2 aromatic rings. The van der Waals surface area contributed by atoms with Gasteiger partial charge in [-0.25, -0.2) is 4.39 Å². The molecule has 0 aliphatic carbocycles. The van der Waals surface area contributed by atoms with Crippen LogP contribution in [0.4, 0.5) is 10.1 Å². The number of rotatable bonds is 6. The fraction of sp³-hybridized carbons (Fsp3) is 0.391. The minimum absolute atomic E-state index is 0.0549. The van der Waals surface area contributed by atoms with Crippen molar-refractivity contribution in [3.63, 3.8) is 0 Å². The fourth-order valence-electron chi connectivity index (χ4n) is 3.91. The summed E-state index contributed by atoms with van der Waals surface area (Å²) >= 11 is 0. The number of anilines is 1. The van der Waals surface area contributed by atoms with Crippen LogP contribution in [0.3, 0.4) is 0 Å². The van der Waals surface area contributed by atoms with Crippen molar-refractivity contribution in [2.45, 2.75) is 31.6 Å². The lowest BCUT2D eigenvalue weighted by atomic mass is 9.73. The molecule has 1 aliphatic rings. The van der Waals surface area contributed by atoms with E-state index in [0.717, 1.165) is 23.2 Å². The molecule has 154 valence electrons. The molecule has 2 aromatic carbocycles. The maximum atomic E-state index is 13.4. The third-order valence-corrected chi connectivity index (χ3v) is 5.55. The van der Waals surface area contributed by atoms with Crippen molar-refractivity contribution in [3.8, 4) is 0 Å². The molecule has 1 saturated heterocycles. The molecule has 29 heavy (non-hydrogen) atoms. The van der Waals surface area contributed by atoms with Gasteiger partial charge in [0, 0.05) is 25.9 Å². The van der Waals surface area contributed by atoms with Crippen LogP contribution in [0.5, 0.6) is 0 Å². The number of halogens is 1. The summed E-state index contributed by atoms with van der Waals surface area (Å²) < 4.78 is 18.9. The Morgan fingerprint density at radius 3 is 2.41 bits per heavy atom. The Hall–Kier alpha value is -2.73. The van der Waals surface area contributed by atoms with Gasteiger partial charge in [0.05, 0.1) is 12.0 Å². The summed E-state index contributed by atoms with van der Waals surface area (Å²) in [5.74, 6) is -0.736. The van der Waals surface area contributed by atoms with Crippen molar-refractivity contribution >= 4 is 17.5 Å². The van der Waals surface area contributed by atoms with E-state index in [1.165, 1.54) is 17.0 Å². The average Bonchev–Trinajstić information content (AvgIpc) is 2.74. The number of carbonyl (C=O) groups excluding carboxylic acids is 2. The van der Waals surface area contributed by atoms with Crippen molar-refractivity contribution in [2.24, 2.45) is 0 Å². The lowest BCUT2D eigenvalue weighted by molar-refractivity contribution is -0.142. The predicted octanol–water partition coefficient (Wildman–Crippen LogP) is 3.53. The van der Waals surface area contributed by atoms with Gasteiger partial charge in [-0.1, -0.05) is 37.3 Å². The van der Waals surface area contributed by atoms with Gasteiger partial charge in [0.1, 0.15) is 5.82 Å². The zero-order chi connectivity index (χ0) is 20.9. The van der Waals surface area contributed by atoms with E-state index in [-0.39, 0.29) is 24.2 Å². The molecule has 1 fully saturated rings. The summed E-state index contributed by atoms with van der Waals surface area (Å²) in [4.78, 5) is 27.5. The van der Waals surface area contributed by atoms with Crippen LogP contribution in [0.2, 0.25) is 0 Å². The third-order valence-electron chi connectivity index (χ3n) is 5.55. The highest BCUT2D eigenvalue weighted by molar-refractivity contribution is 5.97. The Bertz CT molecular complexity index is 861. The van der Waals surface area contributed by atoms with Crippen LogP contribution in [0, 0.1) is 5.82 Å². The van der Waals surface area contributed by atoms with E-state index in [0.29, 0.717) is 26.1 Å². The van der Waals surface area contributed by atoms with E-state index in [9.17, 15) is 14.0 Å². The molecule has 0 atom stereocenters. The maximum Gasteiger partial charge on any atom is 0.243 e. The molecule has 3 rings (SSSR count). The van der Waals surface area contributed by atoms with Crippen LogP contribution in [0.1, 0.15) is 30.9 Å². The van der Waals surface area contributed by atoms with E-state index in [2.05, 4.69) is 5.32 Å². The number of hydrogen-bond donors (Lipinski definition) is 1. The van der Waals surface area contributed by atoms with Gasteiger partial charge in [-0.15, -0.1) is 0 Å². The normalized spacial score (nSPS) is 15.6. The van der Waals surface area contributed by atoms with Gasteiger partial charge in [0.25, 0.3) is 0 Å². The lowest BCUT2D eigenvalue weighted by Gasteiger charge is -2.39. The van der Waals surface area contributed by atoms with Gasteiger partial charge in [0.15, 0.2) is 0 Å². The Morgan fingerprint density at radius 2 is 1.76 bits per heavy atom. The molecule has 6 heteroatoms. The van der Waals surface area contributed by atoms with Crippen LogP contribution < -0.4 is 5.32 Å². The lowest BCUT2D eigenvalue weighted by Crippen LogP contribution is -2.50. The number of nitrogens with zero attached hydrogens (tertiary/aromatic N) is 1. The van der Waals surface area contributed by atoms with Crippen molar-refractivity contribution < 1.29 is 18.7 Å². The summed E-state index contributed by atoms with van der Waals surface area (Å²) in [5.41, 5.74) is 1.76. The van der Waals surface area contributed by atoms with Gasteiger partial charge in [-0.2, -0.15) is 0 Å². The van der Waals surface area contributed by atoms with E-state index < -0.39 is 5.41 Å². The third kappa shape index (κ3) is 4.65. The molecule has 1 heterocycles. The number of benzene rings is 2. The Morgan fingerprint density at radius 1 is 1.10 bits per heavy atom. The second kappa shape index (κ2) is 9.18. The van der Waals surface area contributed by atoms with Gasteiger partial charge >= 0.3 is 0 Å². The second-order valence-corrected chi connectivity index (χ2v) is 7.42. The largest absolute Gasteiger partial charge is 0.381 e. The molecule has 1 N–H and O–H groups in total. The molecule has 0 radical (unpaired) electrons. The monoisotopic (exact) mass is 398 g/mol.